The summed E-state index contributed by atoms with van der Waals surface area (Å²) < 4.78 is 0. The molecule has 0 saturated heterocycles. The number of hydrogen-bond donors (Lipinski definition) is 0. The van der Waals surface area contributed by atoms with E-state index in [0.717, 1.165) is 0 Å². The molecule has 0 radical (unpaired) electrons. The van der Waals surface area contributed by atoms with E-state index in [1.807, 2.05) is 0 Å². The second-order valence-electron chi connectivity index (χ2n) is 8.71. The van der Waals surface area contributed by atoms with Gasteiger partial charge in [0.2, 0.25) is 0 Å². The summed E-state index contributed by atoms with van der Waals surface area (Å²) in [7, 11) is -1.63. The Balaban J connectivity index is 0.000000403. The van der Waals surface area contributed by atoms with Crippen LogP contribution in [0.3, 0.4) is 0 Å². The van der Waals surface area contributed by atoms with E-state index in [0.29, 0.717) is 0 Å². The van der Waals surface area contributed by atoms with Gasteiger partial charge in [-0.3, -0.25) is 0 Å². The zero-order valence-corrected chi connectivity index (χ0v) is 18.9. The molecule has 0 aromatic heterocycles. The van der Waals surface area contributed by atoms with Crippen LogP contribution in [0.2, 0.25) is 51.4 Å². The third-order valence-corrected chi connectivity index (χ3v) is 7.29. The molecule has 0 saturated carbocycles. The molecule has 0 spiro atoms. The summed E-state index contributed by atoms with van der Waals surface area (Å²) in [5.41, 5.74) is 3.01. The maximum absolute atomic E-state index is 2.43. The second kappa shape index (κ2) is 10.5. The van der Waals surface area contributed by atoms with E-state index < -0.39 is 16.1 Å². The first-order valence-electron chi connectivity index (χ1n) is 8.57. The predicted octanol–water partition coefficient (Wildman–Crippen LogP) is 6.57. The van der Waals surface area contributed by atoms with Crippen molar-refractivity contribution < 1.29 is 17.1 Å². The van der Waals surface area contributed by atoms with Gasteiger partial charge >= 0.3 is 17.1 Å². The van der Waals surface area contributed by atoms with Crippen LogP contribution in [0, 0.1) is 0 Å². The standard InChI is InChI=1S/2C10H17Si.Fe/c2*1-11(2,3)9-8-10-6-4-5-7-10;/h2*4-7H,8-9H2,1-3H3;/q2*-1;+2. The monoisotopic (exact) mass is 386 g/mol. The van der Waals surface area contributed by atoms with Crippen molar-refractivity contribution in [3.05, 3.63) is 59.7 Å². The molecule has 0 heterocycles. The van der Waals surface area contributed by atoms with Gasteiger partial charge in [0.1, 0.15) is 0 Å². The summed E-state index contributed by atoms with van der Waals surface area (Å²) in [5.74, 6) is 0. The first-order valence-corrected chi connectivity index (χ1v) is 16.0. The maximum Gasteiger partial charge on any atom is 2.00 e. The summed E-state index contributed by atoms with van der Waals surface area (Å²) in [5, 5.41) is 0. The largest absolute Gasteiger partial charge is 2.00 e. The summed E-state index contributed by atoms with van der Waals surface area (Å²) in [6.07, 6.45) is 2.56. The first kappa shape index (κ1) is 22.7. The summed E-state index contributed by atoms with van der Waals surface area (Å²) in [6, 6.07) is 20.2. The molecule has 0 N–H and O–H groups in total. The van der Waals surface area contributed by atoms with E-state index >= 15 is 0 Å². The van der Waals surface area contributed by atoms with Crippen molar-refractivity contribution in [3.63, 3.8) is 0 Å². The van der Waals surface area contributed by atoms with E-state index in [2.05, 4.69) is 87.8 Å². The molecule has 0 aliphatic heterocycles. The van der Waals surface area contributed by atoms with E-state index in [4.69, 9.17) is 0 Å². The second-order valence-corrected chi connectivity index (χ2v) is 20.0. The molecule has 0 nitrogen and oxygen atoms in total. The SMILES string of the molecule is C[Si](C)(C)CCc1ccc[cH-]1.C[Si](C)(C)CCc1ccc[cH-]1.[Fe+2]. The minimum atomic E-state index is -0.813. The van der Waals surface area contributed by atoms with Gasteiger partial charge in [-0.15, -0.1) is 0 Å². The minimum Gasteiger partial charge on any atom is -0.213 e. The fraction of sp³-hybridized carbons (Fsp3) is 0.500. The van der Waals surface area contributed by atoms with Crippen LogP contribution in [0.5, 0.6) is 0 Å². The molecular formula is C20H34FeSi2. The van der Waals surface area contributed by atoms with Gasteiger partial charge in [0.25, 0.3) is 0 Å². The van der Waals surface area contributed by atoms with Gasteiger partial charge in [-0.2, -0.15) is 35.4 Å². The minimum absolute atomic E-state index is 0. The molecule has 0 amide bonds. The van der Waals surface area contributed by atoms with Crippen molar-refractivity contribution in [1.29, 1.82) is 0 Å². The van der Waals surface area contributed by atoms with Gasteiger partial charge in [0.05, 0.1) is 0 Å². The van der Waals surface area contributed by atoms with Crippen LogP contribution in [0.1, 0.15) is 11.1 Å². The molecule has 0 atom stereocenters. The Hall–Kier alpha value is -0.347. The molecule has 0 aliphatic rings. The van der Waals surface area contributed by atoms with Gasteiger partial charge in [0, 0.05) is 16.1 Å². The molecule has 2 rings (SSSR count). The van der Waals surface area contributed by atoms with Crippen molar-refractivity contribution in [2.45, 2.75) is 64.2 Å². The van der Waals surface area contributed by atoms with Gasteiger partial charge in [-0.1, -0.05) is 64.2 Å². The quantitative estimate of drug-likeness (QED) is 0.389. The Bertz CT molecular complexity index is 436. The summed E-state index contributed by atoms with van der Waals surface area (Å²) in [4.78, 5) is 0. The van der Waals surface area contributed by atoms with Crippen molar-refractivity contribution in [2.24, 2.45) is 0 Å². The van der Waals surface area contributed by atoms with Gasteiger partial charge in [-0.25, -0.2) is 24.3 Å². The van der Waals surface area contributed by atoms with Crippen LogP contribution in [0.25, 0.3) is 0 Å². The third-order valence-electron chi connectivity index (χ3n) is 3.79. The molecule has 0 fully saturated rings. The number of rotatable bonds is 6. The van der Waals surface area contributed by atoms with E-state index in [1.54, 1.807) is 0 Å². The molecule has 130 valence electrons. The predicted molar refractivity (Wildman–Crippen MR) is 108 cm³/mol. The van der Waals surface area contributed by atoms with Crippen molar-refractivity contribution >= 4 is 16.1 Å². The van der Waals surface area contributed by atoms with Crippen molar-refractivity contribution in [3.8, 4) is 0 Å². The summed E-state index contributed by atoms with van der Waals surface area (Å²) >= 11 is 0. The molecule has 0 unspecified atom stereocenters. The molecule has 2 aromatic carbocycles. The Morgan fingerprint density at radius 2 is 1.04 bits per heavy atom. The smallest absolute Gasteiger partial charge is 0.213 e. The Morgan fingerprint density at radius 3 is 1.26 bits per heavy atom. The zero-order chi connectivity index (χ0) is 16.6. The molecule has 0 bridgehead atoms. The molecular weight excluding hydrogens is 352 g/mol. The van der Waals surface area contributed by atoms with Crippen LogP contribution in [0.15, 0.2) is 48.5 Å². The molecule has 23 heavy (non-hydrogen) atoms. The number of aryl methyl sites for hydroxylation is 2. The number of hydrogen-bond acceptors (Lipinski definition) is 0. The van der Waals surface area contributed by atoms with Crippen molar-refractivity contribution in [2.75, 3.05) is 0 Å². The summed E-state index contributed by atoms with van der Waals surface area (Å²) in [6.45, 7) is 14.6. The molecule has 3 heteroatoms. The average molecular weight is 387 g/mol. The molecule has 0 aliphatic carbocycles. The maximum atomic E-state index is 2.43. The fourth-order valence-electron chi connectivity index (χ4n) is 2.20. The van der Waals surface area contributed by atoms with Crippen LogP contribution >= 0.6 is 0 Å². The Morgan fingerprint density at radius 1 is 0.696 bits per heavy atom. The van der Waals surface area contributed by atoms with Crippen LogP contribution in [0.4, 0.5) is 0 Å². The zero-order valence-electron chi connectivity index (χ0n) is 15.8. The first-order chi connectivity index (χ1) is 10.2. The molecule has 2 aromatic rings. The third kappa shape index (κ3) is 12.7. The van der Waals surface area contributed by atoms with Crippen molar-refractivity contribution in [1.82, 2.24) is 0 Å². The van der Waals surface area contributed by atoms with E-state index in [1.165, 1.54) is 36.1 Å². The van der Waals surface area contributed by atoms with Crippen LogP contribution < -0.4 is 0 Å². The van der Waals surface area contributed by atoms with Gasteiger partial charge < -0.3 is 0 Å². The van der Waals surface area contributed by atoms with E-state index in [9.17, 15) is 0 Å². The van der Waals surface area contributed by atoms with Crippen LogP contribution in [-0.4, -0.2) is 16.1 Å². The Kier molecular flexibility index (Phi) is 10.3. The Labute approximate surface area is 156 Å². The fourth-order valence-corrected chi connectivity index (χ4v) is 4.28. The average Bonchev–Trinajstić information content (AvgIpc) is 3.07. The topological polar surface area (TPSA) is 0 Å². The van der Waals surface area contributed by atoms with E-state index in [-0.39, 0.29) is 17.1 Å². The van der Waals surface area contributed by atoms with Crippen LogP contribution in [-0.2, 0) is 29.9 Å². The van der Waals surface area contributed by atoms with Gasteiger partial charge in [-0.05, 0) is 0 Å². The normalized spacial score (nSPS) is 11.4. The van der Waals surface area contributed by atoms with Gasteiger partial charge in [0.15, 0.2) is 0 Å².